The number of imidazole rings is 1. The summed E-state index contributed by atoms with van der Waals surface area (Å²) in [6, 6.07) is 2.13. The van der Waals surface area contributed by atoms with Crippen LogP contribution >= 0.6 is 39.5 Å². The lowest BCUT2D eigenvalue weighted by atomic mass is 10.4. The van der Waals surface area contributed by atoms with Crippen LogP contribution in [-0.4, -0.2) is 19.3 Å². The quantitative estimate of drug-likeness (QED) is 0.717. The fourth-order valence-corrected chi connectivity index (χ4v) is 3.91. The predicted octanol–water partition coefficient (Wildman–Crippen LogP) is 4.10. The molecule has 0 unspecified atom stereocenters. The van der Waals surface area contributed by atoms with Gasteiger partial charge in [0.1, 0.15) is 5.52 Å². The van der Waals surface area contributed by atoms with Gasteiger partial charge in [0.25, 0.3) is 0 Å². The lowest BCUT2D eigenvalue weighted by Gasteiger charge is -2.04. The first kappa shape index (κ1) is 13.1. The molecule has 0 aliphatic heterocycles. The fourth-order valence-electron chi connectivity index (χ4n) is 2.22. The molecular weight excluding hydrogens is 344 g/mol. The maximum absolute atomic E-state index is 5.44. The third-order valence-electron chi connectivity index (χ3n) is 3.07. The van der Waals surface area contributed by atoms with Crippen molar-refractivity contribution in [2.75, 3.05) is 0 Å². The molecule has 0 fully saturated rings. The van der Waals surface area contributed by atoms with Gasteiger partial charge in [-0.1, -0.05) is 0 Å². The summed E-state index contributed by atoms with van der Waals surface area (Å²) in [7, 11) is 0. The fraction of sp³-hybridized carbons (Fsp3) is 0.333. The van der Waals surface area contributed by atoms with E-state index in [1.165, 1.54) is 4.88 Å². The first-order valence-electron chi connectivity index (χ1n) is 5.99. The molecule has 19 heavy (non-hydrogen) atoms. The summed E-state index contributed by atoms with van der Waals surface area (Å²) in [5, 5.41) is 6.62. The number of rotatable bonds is 3. The molecule has 0 amide bonds. The number of halogens is 1. The molecule has 0 aliphatic rings. The highest BCUT2D eigenvalue weighted by Crippen LogP contribution is 2.24. The van der Waals surface area contributed by atoms with E-state index >= 15 is 0 Å². The second kappa shape index (κ2) is 4.88. The predicted molar refractivity (Wildman–Crippen MR) is 84.4 cm³/mol. The first-order valence-corrected chi connectivity index (χ1v) is 8.07. The molecule has 1 N–H and O–H groups in total. The maximum Gasteiger partial charge on any atom is 0.179 e. The first-order chi connectivity index (χ1) is 9.10. The lowest BCUT2D eigenvalue weighted by molar-refractivity contribution is 0.645. The van der Waals surface area contributed by atoms with Crippen molar-refractivity contribution in [3.8, 4) is 0 Å². The van der Waals surface area contributed by atoms with E-state index in [0.717, 1.165) is 39.2 Å². The zero-order valence-corrected chi connectivity index (χ0v) is 13.8. The van der Waals surface area contributed by atoms with E-state index in [9.17, 15) is 0 Å². The molecule has 0 aliphatic carbocycles. The van der Waals surface area contributed by atoms with Gasteiger partial charge in [0, 0.05) is 21.3 Å². The van der Waals surface area contributed by atoms with Crippen molar-refractivity contribution in [3.05, 3.63) is 31.3 Å². The number of aromatic amines is 1. The molecule has 3 rings (SSSR count). The molecule has 0 radical (unpaired) electrons. The number of fused-ring (bicyclic) bond motifs is 1. The van der Waals surface area contributed by atoms with Crippen LogP contribution in [0.15, 0.2) is 15.9 Å². The van der Waals surface area contributed by atoms with E-state index in [0.29, 0.717) is 0 Å². The number of thiophene rings is 1. The number of H-pyrrole nitrogens is 1. The second-order valence-corrected chi connectivity index (χ2v) is 6.65. The molecule has 0 atom stereocenters. The Morgan fingerprint density at radius 1 is 1.53 bits per heavy atom. The minimum Gasteiger partial charge on any atom is -0.328 e. The summed E-state index contributed by atoms with van der Waals surface area (Å²) in [6.45, 7) is 5.71. The summed E-state index contributed by atoms with van der Waals surface area (Å²) in [5.74, 6) is 0. The minimum absolute atomic E-state index is 0.752. The molecule has 3 aromatic rings. The van der Waals surface area contributed by atoms with Crippen LogP contribution in [0.2, 0.25) is 0 Å². The van der Waals surface area contributed by atoms with Gasteiger partial charge in [0.05, 0.1) is 12.2 Å². The molecule has 4 nitrogen and oxygen atoms in total. The van der Waals surface area contributed by atoms with Gasteiger partial charge >= 0.3 is 0 Å². The average molecular weight is 357 g/mol. The summed E-state index contributed by atoms with van der Waals surface area (Å²) in [6.07, 6.45) is 0. The Bertz CT molecular complexity index is 792. The highest BCUT2D eigenvalue weighted by molar-refractivity contribution is 9.10. The standard InChI is InChI=1S/C12H13BrN4S2/c1-3-17-11-10(7(2)15-17)14-12(18)16(11)5-9-4-8(13)6-19-9/h4,6H,3,5H2,1-2H3,(H,14,18). The Morgan fingerprint density at radius 3 is 2.95 bits per heavy atom. The number of nitrogens with one attached hydrogen (secondary N) is 1. The molecular formula is C12H13BrN4S2. The summed E-state index contributed by atoms with van der Waals surface area (Å²) >= 11 is 10.7. The molecule has 0 bridgehead atoms. The van der Waals surface area contributed by atoms with Gasteiger partial charge in [-0.05, 0) is 48.1 Å². The van der Waals surface area contributed by atoms with Crippen LogP contribution < -0.4 is 0 Å². The summed E-state index contributed by atoms with van der Waals surface area (Å²) in [4.78, 5) is 4.53. The maximum atomic E-state index is 5.44. The summed E-state index contributed by atoms with van der Waals surface area (Å²) in [5.41, 5.74) is 3.12. The minimum atomic E-state index is 0.752. The van der Waals surface area contributed by atoms with Gasteiger partial charge in [-0.25, -0.2) is 4.68 Å². The number of hydrogen-bond acceptors (Lipinski definition) is 3. The normalized spacial score (nSPS) is 11.5. The zero-order valence-electron chi connectivity index (χ0n) is 10.6. The Kier molecular flexibility index (Phi) is 3.36. The van der Waals surface area contributed by atoms with E-state index in [4.69, 9.17) is 12.2 Å². The van der Waals surface area contributed by atoms with Crippen LogP contribution in [0.5, 0.6) is 0 Å². The van der Waals surface area contributed by atoms with E-state index in [1.807, 2.05) is 11.6 Å². The van der Waals surface area contributed by atoms with Crippen LogP contribution in [0.3, 0.4) is 0 Å². The van der Waals surface area contributed by atoms with Crippen LogP contribution in [-0.2, 0) is 13.1 Å². The van der Waals surface area contributed by atoms with E-state index < -0.39 is 0 Å². The Hall–Kier alpha value is -0.920. The molecule has 0 aromatic carbocycles. The molecule has 3 aromatic heterocycles. The molecule has 0 saturated heterocycles. The van der Waals surface area contributed by atoms with Crippen molar-refractivity contribution in [1.29, 1.82) is 0 Å². The smallest absolute Gasteiger partial charge is 0.179 e. The molecule has 0 saturated carbocycles. The lowest BCUT2D eigenvalue weighted by Crippen LogP contribution is -2.05. The van der Waals surface area contributed by atoms with Gasteiger partial charge in [0.15, 0.2) is 10.4 Å². The highest BCUT2D eigenvalue weighted by atomic mass is 79.9. The van der Waals surface area contributed by atoms with Crippen molar-refractivity contribution in [3.63, 3.8) is 0 Å². The van der Waals surface area contributed by atoms with E-state index in [-0.39, 0.29) is 0 Å². The van der Waals surface area contributed by atoms with Gasteiger partial charge < -0.3 is 4.98 Å². The number of aryl methyl sites for hydroxylation is 2. The van der Waals surface area contributed by atoms with Gasteiger partial charge in [0.2, 0.25) is 0 Å². The topological polar surface area (TPSA) is 38.5 Å². The molecule has 7 heteroatoms. The van der Waals surface area contributed by atoms with Crippen LogP contribution in [0.1, 0.15) is 17.5 Å². The van der Waals surface area contributed by atoms with E-state index in [2.05, 4.69) is 48.9 Å². The third-order valence-corrected chi connectivity index (χ3v) is 5.07. The SMILES string of the molecule is CCn1nc(C)c2[nH]c(=S)n(Cc3cc(Br)cs3)c21. The number of aromatic nitrogens is 4. The average Bonchev–Trinajstić information content (AvgIpc) is 3.00. The Balaban J connectivity index is 2.17. The van der Waals surface area contributed by atoms with E-state index in [1.54, 1.807) is 11.3 Å². The van der Waals surface area contributed by atoms with Gasteiger partial charge in [-0.15, -0.1) is 11.3 Å². The number of hydrogen-bond donors (Lipinski definition) is 1. The van der Waals surface area contributed by atoms with Crippen LogP contribution in [0.25, 0.3) is 11.2 Å². The van der Waals surface area contributed by atoms with Crippen molar-refractivity contribution < 1.29 is 0 Å². The second-order valence-electron chi connectivity index (χ2n) is 4.35. The largest absolute Gasteiger partial charge is 0.328 e. The van der Waals surface area contributed by atoms with Gasteiger partial charge in [-0.2, -0.15) is 5.10 Å². The Labute approximate surface area is 128 Å². The highest BCUT2D eigenvalue weighted by Gasteiger charge is 2.14. The van der Waals surface area contributed by atoms with Crippen molar-refractivity contribution in [2.24, 2.45) is 0 Å². The Morgan fingerprint density at radius 2 is 2.32 bits per heavy atom. The van der Waals surface area contributed by atoms with Crippen molar-refractivity contribution in [2.45, 2.75) is 26.9 Å². The van der Waals surface area contributed by atoms with Crippen molar-refractivity contribution in [1.82, 2.24) is 19.3 Å². The molecule has 3 heterocycles. The van der Waals surface area contributed by atoms with Crippen molar-refractivity contribution >= 4 is 50.6 Å². The van der Waals surface area contributed by atoms with Crippen LogP contribution in [0, 0.1) is 11.7 Å². The molecule has 100 valence electrons. The zero-order chi connectivity index (χ0) is 13.6. The third kappa shape index (κ3) is 2.19. The molecule has 0 spiro atoms. The number of nitrogens with zero attached hydrogens (tertiary/aromatic N) is 3. The monoisotopic (exact) mass is 356 g/mol. The summed E-state index contributed by atoms with van der Waals surface area (Å²) < 4.78 is 5.99. The van der Waals surface area contributed by atoms with Gasteiger partial charge in [-0.3, -0.25) is 4.57 Å². The van der Waals surface area contributed by atoms with Crippen LogP contribution in [0.4, 0.5) is 0 Å².